The molecule has 2 aliphatic heterocycles. The molecule has 2 atom stereocenters. The standard InChI is InChI=1S/C13H24N2O/c1-9(2)6-14-7-12-5-11(14)8-15(12)13(16)10(3)4/h9-12H,5-8H2,1-4H3/t11-,12-/m0/s1. The highest BCUT2D eigenvalue weighted by Gasteiger charge is 2.45. The quantitative estimate of drug-likeness (QED) is 0.726. The fourth-order valence-corrected chi connectivity index (χ4v) is 3.04. The van der Waals surface area contributed by atoms with Gasteiger partial charge in [-0.05, 0) is 12.3 Å². The second kappa shape index (κ2) is 4.36. The number of hydrogen-bond donors (Lipinski definition) is 0. The first-order valence-corrected chi connectivity index (χ1v) is 6.53. The Bertz CT molecular complexity index is 275. The third kappa shape index (κ3) is 2.10. The molecule has 0 N–H and O–H groups in total. The van der Waals surface area contributed by atoms with E-state index in [4.69, 9.17) is 0 Å². The number of piperazine rings is 1. The first-order chi connectivity index (χ1) is 7.49. The number of carbonyl (C=O) groups excluding carboxylic acids is 1. The van der Waals surface area contributed by atoms with Gasteiger partial charge in [-0.3, -0.25) is 9.69 Å². The van der Waals surface area contributed by atoms with Crippen molar-refractivity contribution in [2.75, 3.05) is 19.6 Å². The highest BCUT2D eigenvalue weighted by Crippen LogP contribution is 2.32. The van der Waals surface area contributed by atoms with E-state index in [0.29, 0.717) is 18.0 Å². The first-order valence-electron chi connectivity index (χ1n) is 6.53. The zero-order valence-electron chi connectivity index (χ0n) is 10.9. The van der Waals surface area contributed by atoms with Crippen LogP contribution in [-0.2, 0) is 4.79 Å². The van der Waals surface area contributed by atoms with Gasteiger partial charge in [0.05, 0.1) is 0 Å². The molecule has 0 spiro atoms. The monoisotopic (exact) mass is 224 g/mol. The second-order valence-corrected chi connectivity index (χ2v) is 6.04. The molecular weight excluding hydrogens is 200 g/mol. The van der Waals surface area contributed by atoms with Gasteiger partial charge in [0.25, 0.3) is 0 Å². The molecule has 0 radical (unpaired) electrons. The molecular formula is C13H24N2O. The van der Waals surface area contributed by atoms with Crippen LogP contribution in [0.2, 0.25) is 0 Å². The van der Waals surface area contributed by atoms with Crippen molar-refractivity contribution in [1.82, 2.24) is 9.80 Å². The van der Waals surface area contributed by atoms with Crippen LogP contribution in [0.15, 0.2) is 0 Å². The molecule has 3 nitrogen and oxygen atoms in total. The van der Waals surface area contributed by atoms with Crippen molar-refractivity contribution in [3.8, 4) is 0 Å². The van der Waals surface area contributed by atoms with Gasteiger partial charge in [0.15, 0.2) is 0 Å². The van der Waals surface area contributed by atoms with Gasteiger partial charge < -0.3 is 4.90 Å². The number of fused-ring (bicyclic) bond motifs is 2. The van der Waals surface area contributed by atoms with E-state index in [-0.39, 0.29) is 5.92 Å². The topological polar surface area (TPSA) is 23.6 Å². The first kappa shape index (κ1) is 11.9. The average Bonchev–Trinajstić information content (AvgIpc) is 2.74. The molecule has 16 heavy (non-hydrogen) atoms. The predicted molar refractivity (Wildman–Crippen MR) is 65.2 cm³/mol. The van der Waals surface area contributed by atoms with Crippen molar-refractivity contribution in [1.29, 1.82) is 0 Å². The Morgan fingerprint density at radius 3 is 2.31 bits per heavy atom. The van der Waals surface area contributed by atoms with Crippen molar-refractivity contribution in [2.24, 2.45) is 11.8 Å². The third-order valence-electron chi connectivity index (χ3n) is 3.73. The van der Waals surface area contributed by atoms with E-state index in [1.165, 1.54) is 13.0 Å². The van der Waals surface area contributed by atoms with Crippen LogP contribution in [0.4, 0.5) is 0 Å². The summed E-state index contributed by atoms with van der Waals surface area (Å²) in [7, 11) is 0. The van der Waals surface area contributed by atoms with Gasteiger partial charge in [-0.2, -0.15) is 0 Å². The molecule has 2 rings (SSSR count). The van der Waals surface area contributed by atoms with Crippen LogP contribution in [0.3, 0.4) is 0 Å². The van der Waals surface area contributed by atoms with E-state index >= 15 is 0 Å². The molecule has 2 heterocycles. The summed E-state index contributed by atoms with van der Waals surface area (Å²) in [5.41, 5.74) is 0. The molecule has 2 saturated heterocycles. The van der Waals surface area contributed by atoms with Crippen LogP contribution >= 0.6 is 0 Å². The summed E-state index contributed by atoms with van der Waals surface area (Å²) < 4.78 is 0. The molecule has 0 unspecified atom stereocenters. The van der Waals surface area contributed by atoms with Crippen molar-refractivity contribution >= 4 is 5.91 Å². The summed E-state index contributed by atoms with van der Waals surface area (Å²) in [6.45, 7) is 11.8. The van der Waals surface area contributed by atoms with Crippen LogP contribution in [0.1, 0.15) is 34.1 Å². The summed E-state index contributed by atoms with van der Waals surface area (Å²) in [6, 6.07) is 1.13. The maximum Gasteiger partial charge on any atom is 0.225 e. The smallest absolute Gasteiger partial charge is 0.225 e. The van der Waals surface area contributed by atoms with Crippen LogP contribution in [0.5, 0.6) is 0 Å². The van der Waals surface area contributed by atoms with Gasteiger partial charge in [0.2, 0.25) is 5.91 Å². The lowest BCUT2D eigenvalue weighted by atomic mass is 10.1. The summed E-state index contributed by atoms with van der Waals surface area (Å²) >= 11 is 0. The molecule has 0 aromatic heterocycles. The minimum atomic E-state index is 0.151. The van der Waals surface area contributed by atoms with Crippen LogP contribution < -0.4 is 0 Å². The lowest BCUT2D eigenvalue weighted by Gasteiger charge is -2.35. The van der Waals surface area contributed by atoms with Crippen LogP contribution in [0.25, 0.3) is 0 Å². The summed E-state index contributed by atoms with van der Waals surface area (Å²) in [5, 5.41) is 0. The van der Waals surface area contributed by atoms with Crippen molar-refractivity contribution in [2.45, 2.75) is 46.2 Å². The Kier molecular flexibility index (Phi) is 3.24. The Labute approximate surface area is 98.8 Å². The van der Waals surface area contributed by atoms with E-state index in [1.807, 2.05) is 13.8 Å². The summed E-state index contributed by atoms with van der Waals surface area (Å²) in [5.74, 6) is 1.23. The summed E-state index contributed by atoms with van der Waals surface area (Å²) in [6.07, 6.45) is 1.20. The van der Waals surface area contributed by atoms with Gasteiger partial charge in [0.1, 0.15) is 0 Å². The fraction of sp³-hybridized carbons (Fsp3) is 0.923. The molecule has 0 aliphatic carbocycles. The Hall–Kier alpha value is -0.570. The molecule has 0 aromatic rings. The fourth-order valence-electron chi connectivity index (χ4n) is 3.04. The molecule has 0 aromatic carbocycles. The largest absolute Gasteiger partial charge is 0.337 e. The highest BCUT2D eigenvalue weighted by atomic mass is 16.2. The van der Waals surface area contributed by atoms with Crippen LogP contribution in [0, 0.1) is 11.8 Å². The average molecular weight is 224 g/mol. The number of likely N-dealkylation sites (tertiary alicyclic amines) is 2. The number of amides is 1. The Morgan fingerprint density at radius 2 is 1.88 bits per heavy atom. The zero-order valence-corrected chi connectivity index (χ0v) is 10.9. The SMILES string of the molecule is CC(C)CN1C[C@@H]2C[C@H]1CN2C(=O)C(C)C. The van der Waals surface area contributed by atoms with Gasteiger partial charge in [0, 0.05) is 37.6 Å². The van der Waals surface area contributed by atoms with Gasteiger partial charge in [-0.1, -0.05) is 27.7 Å². The van der Waals surface area contributed by atoms with E-state index in [2.05, 4.69) is 23.6 Å². The molecule has 1 amide bonds. The number of carbonyl (C=O) groups is 1. The molecule has 2 fully saturated rings. The van der Waals surface area contributed by atoms with E-state index in [1.54, 1.807) is 0 Å². The van der Waals surface area contributed by atoms with Crippen molar-refractivity contribution < 1.29 is 4.79 Å². The van der Waals surface area contributed by atoms with Gasteiger partial charge >= 0.3 is 0 Å². The second-order valence-electron chi connectivity index (χ2n) is 6.04. The molecule has 3 heteroatoms. The lowest BCUT2D eigenvalue weighted by molar-refractivity contribution is -0.136. The predicted octanol–water partition coefficient (Wildman–Crippen LogP) is 1.58. The Balaban J connectivity index is 1.93. The van der Waals surface area contributed by atoms with Crippen molar-refractivity contribution in [3.63, 3.8) is 0 Å². The highest BCUT2D eigenvalue weighted by molar-refractivity contribution is 5.79. The third-order valence-corrected chi connectivity index (χ3v) is 3.73. The zero-order chi connectivity index (χ0) is 11.9. The lowest BCUT2D eigenvalue weighted by Crippen LogP contribution is -2.50. The molecule has 2 aliphatic rings. The van der Waals surface area contributed by atoms with E-state index in [9.17, 15) is 4.79 Å². The minimum Gasteiger partial charge on any atom is -0.337 e. The van der Waals surface area contributed by atoms with E-state index in [0.717, 1.165) is 19.0 Å². The van der Waals surface area contributed by atoms with Crippen LogP contribution in [-0.4, -0.2) is 47.4 Å². The number of rotatable bonds is 3. The minimum absolute atomic E-state index is 0.151. The molecule has 92 valence electrons. The normalized spacial score (nSPS) is 29.8. The summed E-state index contributed by atoms with van der Waals surface area (Å²) in [4.78, 5) is 16.7. The molecule has 2 bridgehead atoms. The maximum atomic E-state index is 12.0. The number of hydrogen-bond acceptors (Lipinski definition) is 2. The van der Waals surface area contributed by atoms with Crippen molar-refractivity contribution in [3.05, 3.63) is 0 Å². The number of nitrogens with zero attached hydrogens (tertiary/aromatic N) is 2. The van der Waals surface area contributed by atoms with Gasteiger partial charge in [-0.25, -0.2) is 0 Å². The molecule has 0 saturated carbocycles. The Morgan fingerprint density at radius 1 is 1.19 bits per heavy atom. The maximum absolute atomic E-state index is 12.0. The van der Waals surface area contributed by atoms with E-state index < -0.39 is 0 Å². The van der Waals surface area contributed by atoms with Gasteiger partial charge in [-0.15, -0.1) is 0 Å².